The van der Waals surface area contributed by atoms with Crippen molar-refractivity contribution in [1.29, 1.82) is 0 Å². The van der Waals surface area contributed by atoms with Crippen LogP contribution in [0.2, 0.25) is 0 Å². The Labute approximate surface area is 213 Å². The van der Waals surface area contributed by atoms with Crippen molar-refractivity contribution in [3.05, 3.63) is 64.4 Å². The molecule has 1 aromatic carbocycles. The average Bonchev–Trinajstić information content (AvgIpc) is 3.51. The summed E-state index contributed by atoms with van der Waals surface area (Å²) in [5.74, 6) is -0.547. The highest BCUT2D eigenvalue weighted by Crippen LogP contribution is 2.42. The lowest BCUT2D eigenvalue weighted by Gasteiger charge is -2.21. The van der Waals surface area contributed by atoms with Crippen molar-refractivity contribution in [1.82, 2.24) is 20.1 Å². The number of carbonyl (C=O) groups is 1. The van der Waals surface area contributed by atoms with Crippen molar-refractivity contribution in [2.24, 2.45) is 0 Å². The zero-order valence-electron chi connectivity index (χ0n) is 21.3. The summed E-state index contributed by atoms with van der Waals surface area (Å²) in [6, 6.07) is 6.04. The van der Waals surface area contributed by atoms with Gasteiger partial charge in [-0.1, -0.05) is 32.9 Å². The standard InChI is InChI=1S/C26H32F3N5OS/c1-24(2,3)20-14-36-23(31-20)32-22(35)19-13-17(18-10-11-34(33-18)25(4,5)6)21(30-19)15-8-7-9-16(12-15)26(27,28)29/h7-12,14,17,19,21,30H,13H2,1-6H3,(H,31,32,35)/t17-,19+,21+/m1/s1. The summed E-state index contributed by atoms with van der Waals surface area (Å²) < 4.78 is 42.1. The number of rotatable bonds is 4. The molecular weight excluding hydrogens is 487 g/mol. The van der Waals surface area contributed by atoms with Crippen LogP contribution in [0, 0.1) is 0 Å². The molecule has 6 nitrogen and oxygen atoms in total. The van der Waals surface area contributed by atoms with Crippen LogP contribution in [0.4, 0.5) is 18.3 Å². The first-order valence-electron chi connectivity index (χ1n) is 11.9. The fraction of sp³-hybridized carbons (Fsp3) is 0.500. The molecule has 1 fully saturated rings. The predicted molar refractivity (Wildman–Crippen MR) is 135 cm³/mol. The second kappa shape index (κ2) is 9.30. The molecule has 3 aromatic rings. The fourth-order valence-electron chi connectivity index (χ4n) is 4.28. The molecule has 3 atom stereocenters. The Balaban J connectivity index is 1.63. The van der Waals surface area contributed by atoms with E-state index in [9.17, 15) is 18.0 Å². The highest BCUT2D eigenvalue weighted by molar-refractivity contribution is 7.14. The van der Waals surface area contributed by atoms with Gasteiger partial charge in [-0.25, -0.2) is 4.98 Å². The fourth-order valence-corrected chi connectivity index (χ4v) is 5.22. The minimum absolute atomic E-state index is 0.142. The number of nitrogens with zero attached hydrogens (tertiary/aromatic N) is 3. The maximum Gasteiger partial charge on any atom is 0.416 e. The van der Waals surface area contributed by atoms with Crippen LogP contribution in [-0.2, 0) is 21.9 Å². The quantitative estimate of drug-likeness (QED) is 0.428. The summed E-state index contributed by atoms with van der Waals surface area (Å²) in [7, 11) is 0. The van der Waals surface area contributed by atoms with E-state index < -0.39 is 23.8 Å². The molecule has 0 bridgehead atoms. The SMILES string of the molecule is CC(C)(C)c1csc(NC(=O)[C@@H]2C[C@H](c3ccn(C(C)(C)C)n3)[C@H](c3cccc(C(F)(F)F)c3)N2)n1. The van der Waals surface area contributed by atoms with E-state index in [1.54, 1.807) is 6.07 Å². The lowest BCUT2D eigenvalue weighted by atomic mass is 9.90. The smallest absolute Gasteiger partial charge is 0.301 e. The number of hydrogen-bond acceptors (Lipinski definition) is 5. The maximum atomic E-state index is 13.4. The third-order valence-electron chi connectivity index (χ3n) is 6.34. The maximum absolute atomic E-state index is 13.4. The van der Waals surface area contributed by atoms with Gasteiger partial charge >= 0.3 is 6.18 Å². The number of anilines is 1. The van der Waals surface area contributed by atoms with E-state index in [-0.39, 0.29) is 22.8 Å². The first-order chi connectivity index (χ1) is 16.6. The largest absolute Gasteiger partial charge is 0.416 e. The van der Waals surface area contributed by atoms with Crippen LogP contribution in [-0.4, -0.2) is 26.7 Å². The number of benzene rings is 1. The van der Waals surface area contributed by atoms with Gasteiger partial charge in [-0.3, -0.25) is 14.8 Å². The van der Waals surface area contributed by atoms with E-state index in [4.69, 9.17) is 5.10 Å². The number of amides is 1. The highest BCUT2D eigenvalue weighted by atomic mass is 32.1. The predicted octanol–water partition coefficient (Wildman–Crippen LogP) is 6.24. The van der Waals surface area contributed by atoms with Crippen molar-refractivity contribution >= 4 is 22.4 Å². The molecule has 36 heavy (non-hydrogen) atoms. The van der Waals surface area contributed by atoms with Gasteiger partial charge in [0.05, 0.1) is 28.5 Å². The first-order valence-corrected chi connectivity index (χ1v) is 12.8. The summed E-state index contributed by atoms with van der Waals surface area (Å²) in [6.45, 7) is 12.2. The van der Waals surface area contributed by atoms with Crippen molar-refractivity contribution in [3.63, 3.8) is 0 Å². The monoisotopic (exact) mass is 519 g/mol. The Morgan fingerprint density at radius 2 is 1.86 bits per heavy atom. The number of nitrogens with one attached hydrogen (secondary N) is 2. The Bertz CT molecular complexity index is 1240. The number of alkyl halides is 3. The van der Waals surface area contributed by atoms with E-state index in [1.807, 2.05) is 63.9 Å². The third kappa shape index (κ3) is 5.64. The normalized spacial score (nSPS) is 21.1. The second-order valence-corrected chi connectivity index (χ2v) is 12.2. The van der Waals surface area contributed by atoms with Crippen LogP contribution in [0.25, 0.3) is 0 Å². The number of hydrogen-bond donors (Lipinski definition) is 2. The summed E-state index contributed by atoms with van der Waals surface area (Å²) >= 11 is 1.36. The van der Waals surface area contributed by atoms with Gasteiger partial charge in [-0.2, -0.15) is 18.3 Å². The lowest BCUT2D eigenvalue weighted by Crippen LogP contribution is -2.36. The van der Waals surface area contributed by atoms with Crippen LogP contribution in [0.15, 0.2) is 41.9 Å². The second-order valence-electron chi connectivity index (χ2n) is 11.3. The molecule has 0 spiro atoms. The molecule has 1 aliphatic rings. The van der Waals surface area contributed by atoms with Gasteiger partial charge < -0.3 is 5.32 Å². The average molecular weight is 520 g/mol. The van der Waals surface area contributed by atoms with Crippen molar-refractivity contribution < 1.29 is 18.0 Å². The topological polar surface area (TPSA) is 71.8 Å². The molecule has 194 valence electrons. The number of carbonyl (C=O) groups excluding carboxylic acids is 1. The number of thiazole rings is 1. The van der Waals surface area contributed by atoms with Gasteiger partial charge in [0.25, 0.3) is 0 Å². The van der Waals surface area contributed by atoms with E-state index in [2.05, 4.69) is 15.6 Å². The number of halogens is 3. The molecule has 0 unspecified atom stereocenters. The molecule has 1 amide bonds. The van der Waals surface area contributed by atoms with Crippen molar-refractivity contribution in [2.45, 2.75) is 83.1 Å². The Kier molecular flexibility index (Phi) is 6.81. The van der Waals surface area contributed by atoms with Crippen LogP contribution < -0.4 is 10.6 Å². The molecule has 2 N–H and O–H groups in total. The molecule has 1 aliphatic heterocycles. The molecule has 3 heterocycles. The number of aromatic nitrogens is 3. The molecular formula is C26H32F3N5OS. The lowest BCUT2D eigenvalue weighted by molar-refractivity contribution is -0.137. The van der Waals surface area contributed by atoms with Gasteiger partial charge in [0, 0.05) is 29.0 Å². The van der Waals surface area contributed by atoms with Gasteiger partial charge in [-0.05, 0) is 51.0 Å². The van der Waals surface area contributed by atoms with Crippen LogP contribution in [0.5, 0.6) is 0 Å². The van der Waals surface area contributed by atoms with Crippen LogP contribution in [0.1, 0.15) is 82.4 Å². The first kappa shape index (κ1) is 26.3. The van der Waals surface area contributed by atoms with Gasteiger partial charge in [-0.15, -0.1) is 11.3 Å². The minimum Gasteiger partial charge on any atom is -0.301 e. The van der Waals surface area contributed by atoms with E-state index in [1.165, 1.54) is 17.4 Å². The Hall–Kier alpha value is -2.72. The van der Waals surface area contributed by atoms with Crippen molar-refractivity contribution in [3.8, 4) is 0 Å². The molecule has 0 radical (unpaired) electrons. The van der Waals surface area contributed by atoms with E-state index >= 15 is 0 Å². The molecule has 1 saturated heterocycles. The summed E-state index contributed by atoms with van der Waals surface area (Å²) in [5, 5.41) is 13.3. The van der Waals surface area contributed by atoms with Gasteiger partial charge in [0.2, 0.25) is 5.91 Å². The van der Waals surface area contributed by atoms with E-state index in [0.717, 1.165) is 23.5 Å². The zero-order valence-corrected chi connectivity index (χ0v) is 22.1. The molecule has 2 aromatic heterocycles. The summed E-state index contributed by atoms with van der Waals surface area (Å²) in [4.78, 5) is 17.7. The zero-order chi connectivity index (χ0) is 26.5. The Morgan fingerprint density at radius 3 is 2.44 bits per heavy atom. The highest BCUT2D eigenvalue weighted by Gasteiger charge is 2.41. The molecule has 0 aliphatic carbocycles. The van der Waals surface area contributed by atoms with Gasteiger partial charge in [0.15, 0.2) is 5.13 Å². The van der Waals surface area contributed by atoms with E-state index in [0.29, 0.717) is 17.1 Å². The molecule has 0 saturated carbocycles. The van der Waals surface area contributed by atoms with Crippen LogP contribution in [0.3, 0.4) is 0 Å². The van der Waals surface area contributed by atoms with Crippen LogP contribution >= 0.6 is 11.3 Å². The summed E-state index contributed by atoms with van der Waals surface area (Å²) in [5.41, 5.74) is 0.985. The molecule has 4 rings (SSSR count). The Morgan fingerprint density at radius 1 is 1.14 bits per heavy atom. The third-order valence-corrected chi connectivity index (χ3v) is 7.10. The van der Waals surface area contributed by atoms with Crippen molar-refractivity contribution in [2.75, 3.05) is 5.32 Å². The summed E-state index contributed by atoms with van der Waals surface area (Å²) in [6.07, 6.45) is -2.19. The molecule has 10 heteroatoms. The minimum atomic E-state index is -4.45. The van der Waals surface area contributed by atoms with Gasteiger partial charge in [0.1, 0.15) is 0 Å².